The van der Waals surface area contributed by atoms with E-state index in [2.05, 4.69) is 46.9 Å². The predicted octanol–water partition coefficient (Wildman–Crippen LogP) is 1.78. The van der Waals surface area contributed by atoms with E-state index in [1.807, 2.05) is 0 Å². The lowest BCUT2D eigenvalue weighted by molar-refractivity contribution is -0.126. The highest BCUT2D eigenvalue weighted by molar-refractivity contribution is 5.86. The first-order valence-electron chi connectivity index (χ1n) is 6.79. The fourth-order valence-corrected chi connectivity index (χ4v) is 2.59. The van der Waals surface area contributed by atoms with Gasteiger partial charge in [0.05, 0.1) is 5.92 Å². The molecule has 0 saturated carbocycles. The molecule has 5 heteroatoms. The lowest BCUT2D eigenvalue weighted by Gasteiger charge is -2.25. The van der Waals surface area contributed by atoms with Gasteiger partial charge in [0.25, 0.3) is 0 Å². The Morgan fingerprint density at radius 1 is 1.40 bits per heavy atom. The van der Waals surface area contributed by atoms with Gasteiger partial charge in [0.15, 0.2) is 0 Å². The number of fused-ring (bicyclic) bond motifs is 1. The Balaban J connectivity index is 0.00000147. The molecule has 1 aromatic heterocycles. The number of halogens is 1. The van der Waals surface area contributed by atoms with E-state index in [0.717, 1.165) is 19.5 Å². The van der Waals surface area contributed by atoms with Crippen LogP contribution in [0.5, 0.6) is 0 Å². The Hall–Kier alpha value is -1.52. The summed E-state index contributed by atoms with van der Waals surface area (Å²) in [6, 6.07) is 6.27. The van der Waals surface area contributed by atoms with Crippen molar-refractivity contribution in [2.45, 2.75) is 13.3 Å². The number of aryl methyl sites for hydroxylation is 1. The molecule has 4 nitrogen and oxygen atoms in total. The number of amides is 1. The maximum absolute atomic E-state index is 11.7. The summed E-state index contributed by atoms with van der Waals surface area (Å²) in [4.78, 5) is 15.0. The largest absolute Gasteiger partial charge is 0.361 e. The first kappa shape index (κ1) is 14.9. The molecule has 3 N–H and O–H groups in total. The standard InChI is InChI=1S/C15H19N3O.ClH/c1-10-3-2-4-13-14(10)11(9-18-13)5-6-17-15(19)12-7-16-8-12;/h2-4,9,12,16,18H,5-8H2,1H3,(H,17,19);1H. The van der Waals surface area contributed by atoms with Crippen molar-refractivity contribution in [2.75, 3.05) is 19.6 Å². The van der Waals surface area contributed by atoms with Crippen molar-refractivity contribution in [1.29, 1.82) is 0 Å². The van der Waals surface area contributed by atoms with Crippen LogP contribution in [0.2, 0.25) is 0 Å². The van der Waals surface area contributed by atoms with Crippen molar-refractivity contribution in [1.82, 2.24) is 15.6 Å². The van der Waals surface area contributed by atoms with E-state index in [9.17, 15) is 4.79 Å². The van der Waals surface area contributed by atoms with Crippen LogP contribution >= 0.6 is 12.4 Å². The molecule has 1 aliphatic heterocycles. The lowest BCUT2D eigenvalue weighted by atomic mass is 10.0. The Morgan fingerprint density at radius 2 is 2.20 bits per heavy atom. The van der Waals surface area contributed by atoms with E-state index < -0.39 is 0 Å². The molecule has 0 atom stereocenters. The molecule has 2 heterocycles. The highest BCUT2D eigenvalue weighted by atomic mass is 35.5. The number of benzene rings is 1. The minimum atomic E-state index is 0. The molecule has 0 radical (unpaired) electrons. The molecule has 0 bridgehead atoms. The molecule has 0 spiro atoms. The number of nitrogens with one attached hydrogen (secondary N) is 3. The van der Waals surface area contributed by atoms with Crippen molar-refractivity contribution < 1.29 is 4.79 Å². The summed E-state index contributed by atoms with van der Waals surface area (Å²) >= 11 is 0. The number of carbonyl (C=O) groups excluding carboxylic acids is 1. The topological polar surface area (TPSA) is 56.9 Å². The van der Waals surface area contributed by atoms with Gasteiger partial charge < -0.3 is 15.6 Å². The van der Waals surface area contributed by atoms with E-state index in [0.29, 0.717) is 6.54 Å². The Kier molecular flexibility index (Phi) is 4.68. The smallest absolute Gasteiger partial charge is 0.225 e. The van der Waals surface area contributed by atoms with E-state index >= 15 is 0 Å². The summed E-state index contributed by atoms with van der Waals surface area (Å²) < 4.78 is 0. The first-order chi connectivity index (χ1) is 9.25. The van der Waals surface area contributed by atoms with Crippen LogP contribution in [0.1, 0.15) is 11.1 Å². The third-order valence-corrected chi connectivity index (χ3v) is 3.84. The molecular formula is C15H20ClN3O. The third kappa shape index (κ3) is 2.81. The zero-order valence-corrected chi connectivity index (χ0v) is 12.3. The second kappa shape index (κ2) is 6.29. The molecule has 20 heavy (non-hydrogen) atoms. The van der Waals surface area contributed by atoms with Crippen LogP contribution in [0.4, 0.5) is 0 Å². The molecule has 1 aromatic carbocycles. The Bertz CT molecular complexity index is 604. The second-order valence-corrected chi connectivity index (χ2v) is 5.21. The molecular weight excluding hydrogens is 274 g/mol. The minimum absolute atomic E-state index is 0. The number of carbonyl (C=O) groups is 1. The highest BCUT2D eigenvalue weighted by Gasteiger charge is 2.24. The minimum Gasteiger partial charge on any atom is -0.361 e. The van der Waals surface area contributed by atoms with Gasteiger partial charge in [0.2, 0.25) is 5.91 Å². The molecule has 2 aromatic rings. The quantitative estimate of drug-likeness (QED) is 0.805. The Morgan fingerprint density at radius 3 is 2.90 bits per heavy atom. The van der Waals surface area contributed by atoms with Crippen LogP contribution in [0.25, 0.3) is 10.9 Å². The zero-order valence-electron chi connectivity index (χ0n) is 11.5. The summed E-state index contributed by atoms with van der Waals surface area (Å²) in [5.74, 6) is 0.347. The summed E-state index contributed by atoms with van der Waals surface area (Å²) in [5.41, 5.74) is 3.73. The zero-order chi connectivity index (χ0) is 13.2. The maximum atomic E-state index is 11.7. The number of rotatable bonds is 4. The van der Waals surface area contributed by atoms with Crippen LogP contribution in [0.3, 0.4) is 0 Å². The number of aromatic amines is 1. The summed E-state index contributed by atoms with van der Waals surface area (Å²) in [6.45, 7) is 4.46. The van der Waals surface area contributed by atoms with Gasteiger partial charge in [0, 0.05) is 36.7 Å². The van der Waals surface area contributed by atoms with Crippen molar-refractivity contribution >= 4 is 29.2 Å². The fraction of sp³-hybridized carbons (Fsp3) is 0.400. The summed E-state index contributed by atoms with van der Waals surface area (Å²) in [7, 11) is 0. The van der Waals surface area contributed by atoms with Gasteiger partial charge in [-0.05, 0) is 30.5 Å². The van der Waals surface area contributed by atoms with Gasteiger partial charge >= 0.3 is 0 Å². The third-order valence-electron chi connectivity index (χ3n) is 3.84. The van der Waals surface area contributed by atoms with Crippen molar-refractivity contribution in [3.05, 3.63) is 35.5 Å². The van der Waals surface area contributed by atoms with Gasteiger partial charge in [-0.15, -0.1) is 12.4 Å². The molecule has 108 valence electrons. The van der Waals surface area contributed by atoms with E-state index in [1.165, 1.54) is 22.0 Å². The summed E-state index contributed by atoms with van der Waals surface area (Å²) in [5, 5.41) is 7.42. The number of H-pyrrole nitrogens is 1. The van der Waals surface area contributed by atoms with Crippen LogP contribution in [0, 0.1) is 12.8 Å². The second-order valence-electron chi connectivity index (χ2n) is 5.21. The van der Waals surface area contributed by atoms with Crippen LogP contribution in [-0.2, 0) is 11.2 Å². The molecule has 0 unspecified atom stereocenters. The Labute approximate surface area is 124 Å². The monoisotopic (exact) mass is 293 g/mol. The van der Waals surface area contributed by atoms with Crippen molar-refractivity contribution in [3.8, 4) is 0 Å². The molecule has 1 aliphatic rings. The lowest BCUT2D eigenvalue weighted by Crippen LogP contribution is -2.51. The van der Waals surface area contributed by atoms with Crippen LogP contribution in [0.15, 0.2) is 24.4 Å². The number of aromatic nitrogens is 1. The summed E-state index contributed by atoms with van der Waals surface area (Å²) in [6.07, 6.45) is 2.92. The van der Waals surface area contributed by atoms with Crippen LogP contribution < -0.4 is 10.6 Å². The van der Waals surface area contributed by atoms with Gasteiger partial charge in [-0.3, -0.25) is 4.79 Å². The fourth-order valence-electron chi connectivity index (χ4n) is 2.59. The molecule has 0 aliphatic carbocycles. The van der Waals surface area contributed by atoms with Crippen LogP contribution in [-0.4, -0.2) is 30.5 Å². The first-order valence-corrected chi connectivity index (χ1v) is 6.79. The van der Waals surface area contributed by atoms with E-state index in [-0.39, 0.29) is 24.2 Å². The van der Waals surface area contributed by atoms with Crippen molar-refractivity contribution in [3.63, 3.8) is 0 Å². The predicted molar refractivity (Wildman–Crippen MR) is 83.4 cm³/mol. The maximum Gasteiger partial charge on any atom is 0.225 e. The van der Waals surface area contributed by atoms with Gasteiger partial charge in [-0.25, -0.2) is 0 Å². The van der Waals surface area contributed by atoms with E-state index in [1.54, 1.807) is 0 Å². The van der Waals surface area contributed by atoms with Gasteiger partial charge in [-0.2, -0.15) is 0 Å². The van der Waals surface area contributed by atoms with E-state index in [4.69, 9.17) is 0 Å². The average molecular weight is 294 g/mol. The molecule has 1 fully saturated rings. The number of hydrogen-bond acceptors (Lipinski definition) is 2. The highest BCUT2D eigenvalue weighted by Crippen LogP contribution is 2.22. The molecule has 1 amide bonds. The SMILES string of the molecule is Cc1cccc2[nH]cc(CCNC(=O)C3CNC3)c12.Cl. The average Bonchev–Trinajstić information content (AvgIpc) is 2.72. The van der Waals surface area contributed by atoms with Gasteiger partial charge in [-0.1, -0.05) is 12.1 Å². The molecule has 1 saturated heterocycles. The van der Waals surface area contributed by atoms with Gasteiger partial charge in [0.1, 0.15) is 0 Å². The number of hydrogen-bond donors (Lipinski definition) is 3. The normalized spacial score (nSPS) is 14.7. The van der Waals surface area contributed by atoms with Crippen molar-refractivity contribution in [2.24, 2.45) is 5.92 Å². The molecule has 3 rings (SSSR count).